The minimum absolute atomic E-state index is 0. The van der Waals surface area contributed by atoms with Gasteiger partial charge in [0.05, 0.1) is 22.8 Å². The molecule has 242 valence electrons. The first-order valence-corrected chi connectivity index (χ1v) is 17.6. The molecule has 5 heteroatoms. The monoisotopic (exact) mass is 696 g/mol. The van der Waals surface area contributed by atoms with E-state index in [0.29, 0.717) is 23.7 Å². The summed E-state index contributed by atoms with van der Waals surface area (Å²) >= 11 is 0. The summed E-state index contributed by atoms with van der Waals surface area (Å²) in [6, 6.07) is 9.19. The third-order valence-corrected chi connectivity index (χ3v) is 10.5. The van der Waals surface area contributed by atoms with Gasteiger partial charge < -0.3 is 9.97 Å². The van der Waals surface area contributed by atoms with Crippen molar-refractivity contribution in [1.29, 1.82) is 0 Å². The number of nitrogens with zero attached hydrogens (tertiary/aromatic N) is 2. The fourth-order valence-electron chi connectivity index (χ4n) is 7.80. The molecule has 5 rings (SSSR count). The summed E-state index contributed by atoms with van der Waals surface area (Å²) < 4.78 is 0. The first kappa shape index (κ1) is 35.1. The van der Waals surface area contributed by atoms with Gasteiger partial charge >= 0.3 is 20.4 Å². The van der Waals surface area contributed by atoms with Crippen molar-refractivity contribution in [3.8, 4) is 0 Å². The number of rotatable bonds is 12. The van der Waals surface area contributed by atoms with Crippen molar-refractivity contribution in [3.63, 3.8) is 0 Å². The van der Waals surface area contributed by atoms with Crippen LogP contribution in [0.1, 0.15) is 175 Å². The second kappa shape index (κ2) is 15.7. The molecule has 0 atom stereocenters. The second-order valence-corrected chi connectivity index (χ2v) is 12.7. The molecule has 2 N–H and O–H groups in total. The molecule has 0 spiro atoms. The van der Waals surface area contributed by atoms with E-state index < -0.39 is 0 Å². The minimum atomic E-state index is 0. The van der Waals surface area contributed by atoms with Crippen molar-refractivity contribution in [2.24, 2.45) is 0 Å². The second-order valence-electron chi connectivity index (χ2n) is 12.7. The number of aromatic nitrogens is 4. The van der Waals surface area contributed by atoms with Gasteiger partial charge in [0.2, 0.25) is 0 Å². The van der Waals surface area contributed by atoms with Crippen molar-refractivity contribution in [1.82, 2.24) is 19.9 Å². The van der Waals surface area contributed by atoms with E-state index in [9.17, 15) is 0 Å². The van der Waals surface area contributed by atoms with Crippen LogP contribution in [-0.4, -0.2) is 19.9 Å². The van der Waals surface area contributed by atoms with E-state index >= 15 is 0 Å². The smallest absolute Gasteiger partial charge is 0.355 e. The molecular weight excluding hydrogens is 643 g/mol. The fraction of sp³-hybridized carbons (Fsp3) is 0.500. The normalized spacial score (nSPS) is 12.7. The van der Waals surface area contributed by atoms with Crippen molar-refractivity contribution in [2.45, 2.75) is 130 Å². The molecule has 45 heavy (non-hydrogen) atoms. The van der Waals surface area contributed by atoms with Crippen LogP contribution in [-0.2, 0) is 20.4 Å². The molecule has 8 bridgehead atoms. The molecule has 2 aliphatic rings. The molecule has 3 aromatic heterocycles. The molecular formula is C40H54N4Pd+2. The average molecular weight is 697 g/mol. The number of nitrogens with one attached hydrogen (secondary N) is 2. The van der Waals surface area contributed by atoms with E-state index in [1.807, 2.05) is 0 Å². The Balaban J connectivity index is 0.00000461. The maximum Gasteiger partial charge on any atom is 2.00 e. The standard InChI is InChI=1S/C40H54N4.Pd/c1-9-25(10-2)37-29-17-19-31(41-29)38(26(11-3)12-4)33-21-23-35(43-33)40(28(15-7)16-8)36-24-22-34(44-36)39(27(13-5)14-6)32-20-18-30(37)42-32;/h17-28,41,44H,9-16H2,1-8H3;/q;+2. The predicted octanol–water partition coefficient (Wildman–Crippen LogP) is 12.3. The van der Waals surface area contributed by atoms with Crippen LogP contribution in [0.15, 0.2) is 24.3 Å². The van der Waals surface area contributed by atoms with Gasteiger partial charge in [0.15, 0.2) is 0 Å². The molecule has 0 aliphatic carbocycles. The average Bonchev–Trinajstić information content (AvgIpc) is 3.88. The maximum atomic E-state index is 5.45. The van der Waals surface area contributed by atoms with Crippen LogP contribution >= 0.6 is 0 Å². The van der Waals surface area contributed by atoms with Crippen LogP contribution in [0.5, 0.6) is 0 Å². The molecule has 0 saturated heterocycles. The Labute approximate surface area is 285 Å². The Morgan fingerprint density at radius 1 is 0.400 bits per heavy atom. The predicted molar refractivity (Wildman–Crippen MR) is 192 cm³/mol. The number of hydrogen-bond acceptors (Lipinski definition) is 2. The molecule has 4 nitrogen and oxygen atoms in total. The first-order valence-electron chi connectivity index (χ1n) is 17.6. The Bertz CT molecular complexity index is 1430. The summed E-state index contributed by atoms with van der Waals surface area (Å²) in [5.74, 6) is 1.70. The first-order chi connectivity index (χ1) is 21.5. The minimum Gasteiger partial charge on any atom is -0.355 e. The zero-order chi connectivity index (χ0) is 31.4. The van der Waals surface area contributed by atoms with E-state index in [1.54, 1.807) is 0 Å². The van der Waals surface area contributed by atoms with Crippen LogP contribution in [0.4, 0.5) is 0 Å². The summed E-state index contributed by atoms with van der Waals surface area (Å²) in [6.07, 6.45) is 17.7. The third-order valence-electron chi connectivity index (χ3n) is 10.5. The van der Waals surface area contributed by atoms with Crippen molar-refractivity contribution in [2.75, 3.05) is 0 Å². The summed E-state index contributed by atoms with van der Waals surface area (Å²) in [7, 11) is 0. The van der Waals surface area contributed by atoms with Gasteiger partial charge in [-0.05, 0) is 124 Å². The van der Waals surface area contributed by atoms with Gasteiger partial charge in [-0.3, -0.25) is 0 Å². The van der Waals surface area contributed by atoms with Crippen molar-refractivity contribution < 1.29 is 20.4 Å². The molecule has 5 heterocycles. The third kappa shape index (κ3) is 6.72. The molecule has 3 aromatic rings. The number of hydrogen-bond donors (Lipinski definition) is 2. The number of fused-ring (bicyclic) bond motifs is 8. The van der Waals surface area contributed by atoms with E-state index in [-0.39, 0.29) is 20.4 Å². The van der Waals surface area contributed by atoms with Crippen molar-refractivity contribution in [3.05, 3.63) is 69.3 Å². The van der Waals surface area contributed by atoms with Gasteiger partial charge in [-0.25, -0.2) is 9.97 Å². The molecule has 0 fully saturated rings. The SMILES string of the molecule is CCC(CC)c1c2nc(c(C(CC)CC)c3ccc([nH]3)c(C(CC)CC)c3nc(c(C(CC)CC)c4ccc1[nH]4)C=C3)C=C2.[Pd+2]. The van der Waals surface area contributed by atoms with Crippen molar-refractivity contribution >= 4 is 46.4 Å². The van der Waals surface area contributed by atoms with E-state index in [0.717, 1.165) is 74.1 Å². The maximum absolute atomic E-state index is 5.45. The van der Waals surface area contributed by atoms with Crippen LogP contribution in [0, 0.1) is 0 Å². The van der Waals surface area contributed by atoms with Gasteiger partial charge in [-0.1, -0.05) is 55.4 Å². The van der Waals surface area contributed by atoms with E-state index in [1.165, 1.54) is 44.3 Å². The summed E-state index contributed by atoms with van der Waals surface area (Å²) in [5.41, 5.74) is 14.5. The van der Waals surface area contributed by atoms with Crippen LogP contribution in [0.2, 0.25) is 0 Å². The van der Waals surface area contributed by atoms with E-state index in [2.05, 4.69) is 114 Å². The Kier molecular flexibility index (Phi) is 12.3. The van der Waals surface area contributed by atoms with Crippen LogP contribution < -0.4 is 0 Å². The zero-order valence-electron chi connectivity index (χ0n) is 28.8. The molecule has 0 unspecified atom stereocenters. The Morgan fingerprint density at radius 3 is 0.778 bits per heavy atom. The Hall–Kier alpha value is -2.74. The summed E-state index contributed by atoms with van der Waals surface area (Å²) in [4.78, 5) is 18.8. The Morgan fingerprint density at radius 2 is 0.600 bits per heavy atom. The van der Waals surface area contributed by atoms with Crippen LogP contribution in [0.25, 0.3) is 46.4 Å². The zero-order valence-corrected chi connectivity index (χ0v) is 30.4. The van der Waals surface area contributed by atoms with E-state index in [4.69, 9.17) is 9.97 Å². The van der Waals surface area contributed by atoms with Crippen LogP contribution in [0.3, 0.4) is 0 Å². The molecule has 0 aromatic carbocycles. The van der Waals surface area contributed by atoms with Gasteiger partial charge in [0, 0.05) is 44.3 Å². The molecule has 2 aliphatic heterocycles. The molecule has 0 radical (unpaired) electrons. The molecule has 0 saturated carbocycles. The number of H-pyrrole nitrogens is 2. The topological polar surface area (TPSA) is 57.4 Å². The summed E-state index contributed by atoms with van der Waals surface area (Å²) in [6.45, 7) is 18.5. The summed E-state index contributed by atoms with van der Waals surface area (Å²) in [5, 5.41) is 0. The van der Waals surface area contributed by atoms with Gasteiger partial charge in [-0.15, -0.1) is 0 Å². The quantitative estimate of drug-likeness (QED) is 0.128. The van der Waals surface area contributed by atoms with Gasteiger partial charge in [0.1, 0.15) is 0 Å². The van der Waals surface area contributed by atoms with Gasteiger partial charge in [-0.2, -0.15) is 0 Å². The molecule has 0 amide bonds. The largest absolute Gasteiger partial charge is 2.00 e. The fourth-order valence-corrected chi connectivity index (χ4v) is 7.80. The number of aromatic amines is 2. The van der Waals surface area contributed by atoms with Gasteiger partial charge in [0.25, 0.3) is 0 Å².